The van der Waals surface area contributed by atoms with Crippen molar-refractivity contribution in [1.82, 2.24) is 30.2 Å². The van der Waals surface area contributed by atoms with Gasteiger partial charge in [0.1, 0.15) is 0 Å². The molecule has 0 N–H and O–H groups in total. The summed E-state index contributed by atoms with van der Waals surface area (Å²) in [5, 5.41) is 18.5. The van der Waals surface area contributed by atoms with Crippen LogP contribution in [0.15, 0.2) is 24.3 Å². The first-order valence-electron chi connectivity index (χ1n) is 6.73. The SMILES string of the molecule is CN1CCN(c2nn3nnnc3c3ccccc23)CC1. The maximum atomic E-state index is 4.60. The molecule has 1 aromatic carbocycles. The number of aromatic nitrogens is 5. The third kappa shape index (κ3) is 1.70. The van der Waals surface area contributed by atoms with E-state index in [1.165, 1.54) is 4.63 Å². The van der Waals surface area contributed by atoms with Gasteiger partial charge >= 0.3 is 0 Å². The molecule has 0 radical (unpaired) electrons. The molecule has 0 atom stereocenters. The van der Waals surface area contributed by atoms with E-state index >= 15 is 0 Å². The highest BCUT2D eigenvalue weighted by atomic mass is 15.6. The molecular formula is C13H15N7. The van der Waals surface area contributed by atoms with Gasteiger partial charge < -0.3 is 9.80 Å². The average Bonchev–Trinajstić information content (AvgIpc) is 2.96. The van der Waals surface area contributed by atoms with E-state index in [4.69, 9.17) is 0 Å². The molecule has 1 aliphatic heterocycles. The zero-order valence-electron chi connectivity index (χ0n) is 11.3. The van der Waals surface area contributed by atoms with Crippen molar-refractivity contribution in [2.24, 2.45) is 0 Å². The van der Waals surface area contributed by atoms with Crippen LogP contribution in [0.2, 0.25) is 0 Å². The van der Waals surface area contributed by atoms with E-state index in [0.29, 0.717) is 5.65 Å². The number of benzene rings is 1. The molecule has 1 saturated heterocycles. The molecule has 102 valence electrons. The highest BCUT2D eigenvalue weighted by Gasteiger charge is 2.19. The standard InChI is InChI=1S/C13H15N7/c1-18-6-8-19(9-7-18)13-11-5-3-2-4-10(11)12-14-16-17-20(12)15-13/h2-5H,6-9H2,1H3. The van der Waals surface area contributed by atoms with E-state index in [-0.39, 0.29) is 0 Å². The van der Waals surface area contributed by atoms with Gasteiger partial charge in [0.2, 0.25) is 5.65 Å². The van der Waals surface area contributed by atoms with Crippen molar-refractivity contribution in [2.45, 2.75) is 0 Å². The minimum atomic E-state index is 0.707. The zero-order valence-corrected chi connectivity index (χ0v) is 11.3. The van der Waals surface area contributed by atoms with Crippen LogP contribution in [0.4, 0.5) is 5.82 Å². The van der Waals surface area contributed by atoms with Gasteiger partial charge in [0.15, 0.2) is 5.82 Å². The van der Waals surface area contributed by atoms with Gasteiger partial charge in [-0.3, -0.25) is 0 Å². The fourth-order valence-corrected chi connectivity index (χ4v) is 2.68. The second kappa shape index (κ2) is 4.38. The molecule has 1 aliphatic rings. The Balaban J connectivity index is 1.92. The van der Waals surface area contributed by atoms with Gasteiger partial charge in [0.25, 0.3) is 0 Å². The van der Waals surface area contributed by atoms with Crippen molar-refractivity contribution in [3.05, 3.63) is 24.3 Å². The van der Waals surface area contributed by atoms with Gasteiger partial charge in [0, 0.05) is 37.0 Å². The Morgan fingerprint density at radius 3 is 2.55 bits per heavy atom. The molecule has 0 amide bonds. The Kier molecular flexibility index (Phi) is 2.53. The van der Waals surface area contributed by atoms with Crippen LogP contribution in [0.3, 0.4) is 0 Å². The van der Waals surface area contributed by atoms with Crippen LogP contribution in [0.1, 0.15) is 0 Å². The van der Waals surface area contributed by atoms with Crippen molar-refractivity contribution in [1.29, 1.82) is 0 Å². The molecule has 0 unspecified atom stereocenters. The Bertz CT molecular complexity index is 758. The van der Waals surface area contributed by atoms with Crippen LogP contribution < -0.4 is 4.90 Å². The molecule has 1 fully saturated rings. The molecule has 7 nitrogen and oxygen atoms in total. The normalized spacial score (nSPS) is 17.1. The van der Waals surface area contributed by atoms with E-state index in [9.17, 15) is 0 Å². The lowest BCUT2D eigenvalue weighted by Gasteiger charge is -2.33. The number of nitrogens with zero attached hydrogens (tertiary/aromatic N) is 7. The maximum Gasteiger partial charge on any atom is 0.207 e. The largest absolute Gasteiger partial charge is 0.352 e. The smallest absolute Gasteiger partial charge is 0.207 e. The second-order valence-corrected chi connectivity index (χ2v) is 5.15. The number of rotatable bonds is 1. The summed E-state index contributed by atoms with van der Waals surface area (Å²) < 4.78 is 1.52. The predicted octanol–water partition coefficient (Wildman–Crippen LogP) is 0.424. The molecular weight excluding hydrogens is 254 g/mol. The average molecular weight is 269 g/mol. The van der Waals surface area contributed by atoms with Gasteiger partial charge in [-0.2, -0.15) is 0 Å². The number of likely N-dealkylation sites (N-methyl/N-ethyl adjacent to an activating group) is 1. The molecule has 7 heteroatoms. The lowest BCUT2D eigenvalue weighted by molar-refractivity contribution is 0.312. The summed E-state index contributed by atoms with van der Waals surface area (Å²) in [6.07, 6.45) is 0. The highest BCUT2D eigenvalue weighted by molar-refractivity contribution is 5.99. The minimum Gasteiger partial charge on any atom is -0.352 e. The van der Waals surface area contributed by atoms with Crippen LogP contribution in [0.25, 0.3) is 16.4 Å². The third-order valence-corrected chi connectivity index (χ3v) is 3.85. The number of hydrogen-bond acceptors (Lipinski definition) is 6. The molecule has 4 rings (SSSR count). The monoisotopic (exact) mass is 269 g/mol. The maximum absolute atomic E-state index is 4.60. The van der Waals surface area contributed by atoms with Crippen molar-refractivity contribution in [3.8, 4) is 0 Å². The molecule has 0 bridgehead atoms. The highest BCUT2D eigenvalue weighted by Crippen LogP contribution is 2.26. The number of anilines is 1. The molecule has 0 aliphatic carbocycles. The zero-order chi connectivity index (χ0) is 13.5. The summed E-state index contributed by atoms with van der Waals surface area (Å²) in [7, 11) is 2.15. The first-order valence-corrected chi connectivity index (χ1v) is 6.73. The van der Waals surface area contributed by atoms with E-state index in [2.05, 4.69) is 43.5 Å². The van der Waals surface area contributed by atoms with Gasteiger partial charge in [-0.25, -0.2) is 0 Å². The van der Waals surface area contributed by atoms with E-state index < -0.39 is 0 Å². The minimum absolute atomic E-state index is 0.707. The second-order valence-electron chi connectivity index (χ2n) is 5.15. The molecule has 3 aromatic rings. The molecule has 0 saturated carbocycles. The summed E-state index contributed by atoms with van der Waals surface area (Å²) in [6, 6.07) is 8.17. The molecule has 20 heavy (non-hydrogen) atoms. The Morgan fingerprint density at radius 2 is 1.75 bits per heavy atom. The lowest BCUT2D eigenvalue weighted by atomic mass is 10.1. The first-order chi connectivity index (χ1) is 9.83. The Labute approximate surface area is 115 Å². The predicted molar refractivity (Wildman–Crippen MR) is 75.8 cm³/mol. The van der Waals surface area contributed by atoms with E-state index in [1.807, 2.05) is 18.2 Å². The number of hydrogen-bond donors (Lipinski definition) is 0. The van der Waals surface area contributed by atoms with Crippen LogP contribution in [0, 0.1) is 0 Å². The number of fused-ring (bicyclic) bond motifs is 3. The van der Waals surface area contributed by atoms with Gasteiger partial charge in [0.05, 0.1) is 0 Å². The Morgan fingerprint density at radius 1 is 1.00 bits per heavy atom. The fraction of sp³-hybridized carbons (Fsp3) is 0.385. The lowest BCUT2D eigenvalue weighted by Crippen LogP contribution is -2.45. The van der Waals surface area contributed by atoms with Crippen molar-refractivity contribution in [3.63, 3.8) is 0 Å². The fourth-order valence-electron chi connectivity index (χ4n) is 2.68. The quantitative estimate of drug-likeness (QED) is 0.638. The van der Waals surface area contributed by atoms with Crippen molar-refractivity contribution in [2.75, 3.05) is 38.1 Å². The van der Waals surface area contributed by atoms with Gasteiger partial charge in [-0.05, 0) is 17.5 Å². The summed E-state index contributed by atoms with van der Waals surface area (Å²) >= 11 is 0. The summed E-state index contributed by atoms with van der Waals surface area (Å²) in [5.41, 5.74) is 0.707. The molecule has 0 spiro atoms. The Hall–Kier alpha value is -2.28. The van der Waals surface area contributed by atoms with Crippen LogP contribution >= 0.6 is 0 Å². The third-order valence-electron chi connectivity index (χ3n) is 3.85. The van der Waals surface area contributed by atoms with Crippen LogP contribution in [0.5, 0.6) is 0 Å². The van der Waals surface area contributed by atoms with Crippen molar-refractivity contribution >= 4 is 22.2 Å². The first kappa shape index (κ1) is 11.5. The number of tetrazole rings is 1. The summed E-state index contributed by atoms with van der Waals surface area (Å²) in [4.78, 5) is 4.64. The van der Waals surface area contributed by atoms with E-state index in [0.717, 1.165) is 42.8 Å². The van der Waals surface area contributed by atoms with Gasteiger partial charge in [-0.15, -0.1) is 14.8 Å². The summed E-state index contributed by atoms with van der Waals surface area (Å²) in [6.45, 7) is 4.04. The summed E-state index contributed by atoms with van der Waals surface area (Å²) in [5.74, 6) is 0.966. The van der Waals surface area contributed by atoms with E-state index in [1.54, 1.807) is 0 Å². The van der Waals surface area contributed by atoms with Crippen LogP contribution in [-0.2, 0) is 0 Å². The number of piperazine rings is 1. The van der Waals surface area contributed by atoms with Gasteiger partial charge in [-0.1, -0.05) is 24.3 Å². The topological polar surface area (TPSA) is 62.5 Å². The molecule has 2 aromatic heterocycles. The molecule has 3 heterocycles. The van der Waals surface area contributed by atoms with Crippen LogP contribution in [-0.4, -0.2) is 63.4 Å². The van der Waals surface area contributed by atoms with Crippen molar-refractivity contribution < 1.29 is 0 Å².